The molecular formula is C4H9Si. The summed E-state index contributed by atoms with van der Waals surface area (Å²) in [5.41, 5.74) is 2.21. The van der Waals surface area contributed by atoms with E-state index in [4.69, 9.17) is 0 Å². The maximum absolute atomic E-state index is 2.21. The first-order valence-corrected chi connectivity index (χ1v) is 3.21. The molecule has 0 aromatic rings. The fourth-order valence-corrected chi connectivity index (χ4v) is 0.612. The molecule has 0 spiro atoms. The molecule has 1 heteroatoms. The van der Waals surface area contributed by atoms with Gasteiger partial charge >= 0.3 is 0 Å². The molecule has 1 radical (unpaired) electrons. The van der Waals surface area contributed by atoms with Crippen LogP contribution in [0.1, 0.15) is 13.8 Å². The van der Waals surface area contributed by atoms with Crippen LogP contribution in [-0.4, -0.2) is 14.8 Å². The molecule has 0 aliphatic carbocycles. The Hall–Kier alpha value is 0.0869. The fourth-order valence-electron chi connectivity index (χ4n) is 0.204. The lowest BCUT2D eigenvalue weighted by Crippen LogP contribution is -1.69. The second-order valence-corrected chi connectivity index (χ2v) is 2.54. The van der Waals surface area contributed by atoms with Crippen molar-refractivity contribution in [3.05, 3.63) is 0 Å². The topological polar surface area (TPSA) is 0 Å². The molecule has 0 saturated heterocycles. The molecule has 0 nitrogen and oxygen atoms in total. The summed E-state index contributed by atoms with van der Waals surface area (Å²) >= 11 is 0. The lowest BCUT2D eigenvalue weighted by Gasteiger charge is -1.62. The van der Waals surface area contributed by atoms with Crippen LogP contribution < -0.4 is 0 Å². The lowest BCUT2D eigenvalue weighted by atomic mass is 11.0. The van der Waals surface area contributed by atoms with Gasteiger partial charge in [-0.3, -0.25) is 0 Å². The molecule has 0 N–H and O–H groups in total. The Kier molecular flexibility index (Phi) is 4.16. The summed E-state index contributed by atoms with van der Waals surface area (Å²) < 4.78 is 0. The molecule has 5 heavy (non-hydrogen) atoms. The van der Waals surface area contributed by atoms with Crippen LogP contribution in [0.15, 0.2) is 0 Å². The third-order valence-corrected chi connectivity index (χ3v) is 1.22. The normalized spacial score (nSPS) is 10.0. The van der Waals surface area contributed by atoms with Gasteiger partial charge in [0.15, 0.2) is 0 Å². The summed E-state index contributed by atoms with van der Waals surface area (Å²) in [5, 5.41) is 0. The summed E-state index contributed by atoms with van der Waals surface area (Å²) in [5.74, 6) is 0. The largest absolute Gasteiger partial charge is 0.106 e. The van der Waals surface area contributed by atoms with Gasteiger partial charge in [0.2, 0.25) is 0 Å². The first kappa shape index (κ1) is 5.09. The van der Waals surface area contributed by atoms with Crippen molar-refractivity contribution >= 4 is 14.8 Å². The molecule has 0 amide bonds. The minimum absolute atomic E-state index is 1.07. The zero-order valence-corrected chi connectivity index (χ0v) is 4.78. The highest BCUT2D eigenvalue weighted by molar-refractivity contribution is 6.46. The Morgan fingerprint density at radius 1 is 1.80 bits per heavy atom. The van der Waals surface area contributed by atoms with Gasteiger partial charge in [-0.15, -0.1) is 5.67 Å². The van der Waals surface area contributed by atoms with Crippen molar-refractivity contribution in [2.45, 2.75) is 19.9 Å². The molecule has 0 saturated carbocycles. The van der Waals surface area contributed by atoms with E-state index in [0.717, 1.165) is 9.13 Å². The quantitative estimate of drug-likeness (QED) is 0.416. The third kappa shape index (κ3) is 4.09. The predicted molar refractivity (Wildman–Crippen MR) is 28.0 cm³/mol. The highest BCUT2D eigenvalue weighted by Gasteiger charge is 1.54. The zero-order valence-electron chi connectivity index (χ0n) is 3.78. The van der Waals surface area contributed by atoms with Gasteiger partial charge < -0.3 is 0 Å². The molecular weight excluding hydrogens is 76.1 g/mol. The van der Waals surface area contributed by atoms with Crippen LogP contribution in [0.2, 0.25) is 6.04 Å². The first-order chi connectivity index (χ1) is 2.41. The van der Waals surface area contributed by atoms with Crippen LogP contribution in [0.4, 0.5) is 0 Å². The van der Waals surface area contributed by atoms with Gasteiger partial charge in [-0.2, -0.15) is 0 Å². The zero-order chi connectivity index (χ0) is 4.12. The second kappa shape index (κ2) is 4.09. The Morgan fingerprint density at radius 2 is 2.40 bits per heavy atom. The molecule has 0 aromatic carbocycles. The SMILES string of the molecule is CC=[Si]CC. The average Bonchev–Trinajstić information content (AvgIpc) is 1.41. The molecule has 0 heterocycles. The lowest BCUT2D eigenvalue weighted by molar-refractivity contribution is 1.48. The molecule has 0 bridgehead atoms. The van der Waals surface area contributed by atoms with Crippen LogP contribution in [0, 0.1) is 0 Å². The number of rotatable bonds is 1. The summed E-state index contributed by atoms with van der Waals surface area (Å²) in [6, 6.07) is 1.32. The number of hydrogen-bond donors (Lipinski definition) is 0. The van der Waals surface area contributed by atoms with Crippen LogP contribution >= 0.6 is 0 Å². The molecule has 0 aliphatic heterocycles. The minimum atomic E-state index is 1.07. The van der Waals surface area contributed by atoms with Crippen molar-refractivity contribution < 1.29 is 0 Å². The maximum Gasteiger partial charge on any atom is 0.0141 e. The van der Waals surface area contributed by atoms with E-state index in [-0.39, 0.29) is 0 Å². The summed E-state index contributed by atoms with van der Waals surface area (Å²) in [6.07, 6.45) is 0. The highest BCUT2D eigenvalue weighted by atomic mass is 28.2. The summed E-state index contributed by atoms with van der Waals surface area (Å²) in [7, 11) is 1.07. The van der Waals surface area contributed by atoms with Crippen molar-refractivity contribution in [1.82, 2.24) is 0 Å². The van der Waals surface area contributed by atoms with E-state index in [2.05, 4.69) is 19.5 Å². The standard InChI is InChI=1S/C4H9Si/c1-3-5-4-2/h3H,4H2,1-2H3. The van der Waals surface area contributed by atoms with E-state index in [1.807, 2.05) is 0 Å². The van der Waals surface area contributed by atoms with E-state index in [0.29, 0.717) is 0 Å². The van der Waals surface area contributed by atoms with Gasteiger partial charge in [0.25, 0.3) is 0 Å². The molecule has 0 rings (SSSR count). The van der Waals surface area contributed by atoms with Gasteiger partial charge in [0.1, 0.15) is 0 Å². The van der Waals surface area contributed by atoms with Crippen LogP contribution in [-0.2, 0) is 0 Å². The number of hydrogen-bond acceptors (Lipinski definition) is 0. The van der Waals surface area contributed by atoms with E-state index < -0.39 is 0 Å². The monoisotopic (exact) mass is 85.0 g/mol. The minimum Gasteiger partial charge on any atom is -0.106 e. The van der Waals surface area contributed by atoms with Crippen molar-refractivity contribution in [1.29, 1.82) is 0 Å². The van der Waals surface area contributed by atoms with Gasteiger partial charge in [-0.25, -0.2) is 0 Å². The average molecular weight is 85.2 g/mol. The van der Waals surface area contributed by atoms with Gasteiger partial charge in [0.05, 0.1) is 0 Å². The Labute approximate surface area is 35.6 Å². The highest BCUT2D eigenvalue weighted by Crippen LogP contribution is 1.57. The predicted octanol–water partition coefficient (Wildman–Crippen LogP) is 0.951. The van der Waals surface area contributed by atoms with Crippen molar-refractivity contribution in [3.8, 4) is 0 Å². The smallest absolute Gasteiger partial charge is 0.0141 e. The van der Waals surface area contributed by atoms with Crippen LogP contribution in [0.5, 0.6) is 0 Å². The van der Waals surface area contributed by atoms with E-state index in [1.165, 1.54) is 6.04 Å². The second-order valence-electron chi connectivity index (χ2n) is 0.846. The van der Waals surface area contributed by atoms with Crippen molar-refractivity contribution in [3.63, 3.8) is 0 Å². The molecule has 0 fully saturated rings. The van der Waals surface area contributed by atoms with E-state index >= 15 is 0 Å². The molecule has 0 atom stereocenters. The van der Waals surface area contributed by atoms with Gasteiger partial charge in [0, 0.05) is 9.13 Å². The molecule has 0 aliphatic rings. The van der Waals surface area contributed by atoms with E-state index in [9.17, 15) is 0 Å². The summed E-state index contributed by atoms with van der Waals surface area (Å²) in [6.45, 7) is 4.29. The van der Waals surface area contributed by atoms with Gasteiger partial charge in [-0.1, -0.05) is 13.8 Å². The van der Waals surface area contributed by atoms with Crippen LogP contribution in [0.3, 0.4) is 0 Å². The fraction of sp³-hybridized carbons (Fsp3) is 0.750. The van der Waals surface area contributed by atoms with Crippen LogP contribution in [0.25, 0.3) is 0 Å². The Bertz CT molecular complexity index is 30.6. The maximum atomic E-state index is 2.21. The van der Waals surface area contributed by atoms with Gasteiger partial charge in [-0.05, 0) is 6.04 Å². The molecule has 29 valence electrons. The van der Waals surface area contributed by atoms with Crippen molar-refractivity contribution in [2.24, 2.45) is 0 Å². The molecule has 0 aromatic heterocycles. The van der Waals surface area contributed by atoms with Crippen molar-refractivity contribution in [2.75, 3.05) is 0 Å². The summed E-state index contributed by atoms with van der Waals surface area (Å²) in [4.78, 5) is 0. The van der Waals surface area contributed by atoms with E-state index in [1.54, 1.807) is 0 Å². The first-order valence-electron chi connectivity index (χ1n) is 1.93. The Morgan fingerprint density at radius 3 is 2.40 bits per heavy atom. The molecule has 0 unspecified atom stereocenters. The Balaban J connectivity index is 2.62. The third-order valence-electron chi connectivity index (χ3n) is 0.408.